The Bertz CT molecular complexity index is 597. The number of rotatable bonds is 5. The van der Waals surface area contributed by atoms with Gasteiger partial charge in [0.05, 0.1) is 21.8 Å². The third-order valence-corrected chi connectivity index (χ3v) is 3.96. The second kappa shape index (κ2) is 5.76. The molecule has 0 saturated carbocycles. The summed E-state index contributed by atoms with van der Waals surface area (Å²) < 4.78 is 1.03. The summed E-state index contributed by atoms with van der Waals surface area (Å²) >= 11 is 1.59. The summed E-state index contributed by atoms with van der Waals surface area (Å²) in [6.07, 6.45) is 3.47. The van der Waals surface area contributed by atoms with Crippen LogP contribution in [0.15, 0.2) is 30.9 Å². The van der Waals surface area contributed by atoms with E-state index in [4.69, 9.17) is 10.4 Å². The lowest BCUT2D eigenvalue weighted by Gasteiger charge is -2.06. The molecule has 3 nitrogen and oxygen atoms in total. The van der Waals surface area contributed by atoms with Crippen molar-refractivity contribution in [2.45, 2.75) is 18.8 Å². The van der Waals surface area contributed by atoms with Crippen LogP contribution in [0.4, 0.5) is 0 Å². The fourth-order valence-corrected chi connectivity index (χ4v) is 2.96. The summed E-state index contributed by atoms with van der Waals surface area (Å²) in [7, 11) is 0. The van der Waals surface area contributed by atoms with Crippen molar-refractivity contribution >= 4 is 21.6 Å². The molecule has 18 heavy (non-hydrogen) atoms. The van der Waals surface area contributed by atoms with Gasteiger partial charge in [-0.25, -0.2) is 4.98 Å². The lowest BCUT2D eigenvalue weighted by molar-refractivity contribution is 0.282. The molecule has 1 aromatic carbocycles. The fourth-order valence-electron chi connectivity index (χ4n) is 1.82. The molecule has 1 atom stereocenters. The largest absolute Gasteiger partial charge is 0.396 e. The molecule has 92 valence electrons. The highest BCUT2D eigenvalue weighted by Crippen LogP contribution is 2.31. The van der Waals surface area contributed by atoms with Crippen LogP contribution >= 0.6 is 11.3 Å². The van der Waals surface area contributed by atoms with Crippen LogP contribution in [-0.2, 0) is 0 Å². The van der Waals surface area contributed by atoms with E-state index in [1.807, 2.05) is 18.2 Å². The van der Waals surface area contributed by atoms with Gasteiger partial charge < -0.3 is 5.11 Å². The molecule has 0 fully saturated rings. The summed E-state index contributed by atoms with van der Waals surface area (Å²) in [6.45, 7) is 4.02. The van der Waals surface area contributed by atoms with Gasteiger partial charge >= 0.3 is 0 Å². The minimum Gasteiger partial charge on any atom is -0.396 e. The maximum Gasteiger partial charge on any atom is 0.101 e. The monoisotopic (exact) mass is 258 g/mol. The number of fused-ring (bicyclic) bond motifs is 1. The van der Waals surface area contributed by atoms with E-state index in [-0.39, 0.29) is 12.5 Å². The van der Waals surface area contributed by atoms with Crippen LogP contribution in [0.2, 0.25) is 0 Å². The Kier molecular flexibility index (Phi) is 4.08. The zero-order chi connectivity index (χ0) is 13.0. The number of aliphatic hydroxyl groups excluding tert-OH is 1. The molecule has 1 heterocycles. The first-order valence-corrected chi connectivity index (χ1v) is 6.64. The first kappa shape index (κ1) is 12.7. The molecule has 4 heteroatoms. The van der Waals surface area contributed by atoms with Crippen LogP contribution in [0.1, 0.15) is 29.3 Å². The molecular weight excluding hydrogens is 244 g/mol. The Morgan fingerprint density at radius 1 is 1.56 bits per heavy atom. The highest BCUT2D eigenvalue weighted by molar-refractivity contribution is 7.18. The van der Waals surface area contributed by atoms with Gasteiger partial charge in [-0.1, -0.05) is 6.08 Å². The zero-order valence-electron chi connectivity index (χ0n) is 9.97. The van der Waals surface area contributed by atoms with Crippen molar-refractivity contribution in [3.05, 3.63) is 41.4 Å². The standard InChI is InChI=1S/C14H14N2OS/c1-2-11(4-3-7-17)14-16-12-6-5-10(9-15)8-13(12)18-14/h2,5-6,8,11,17H,1,3-4,7H2. The molecule has 0 radical (unpaired) electrons. The molecule has 0 amide bonds. The molecule has 0 bridgehead atoms. The van der Waals surface area contributed by atoms with Crippen molar-refractivity contribution in [2.75, 3.05) is 6.61 Å². The second-order valence-electron chi connectivity index (χ2n) is 4.05. The van der Waals surface area contributed by atoms with Crippen molar-refractivity contribution in [3.63, 3.8) is 0 Å². The van der Waals surface area contributed by atoms with Crippen LogP contribution in [0.25, 0.3) is 10.2 Å². The smallest absolute Gasteiger partial charge is 0.101 e. The number of thiazole rings is 1. The van der Waals surface area contributed by atoms with Gasteiger partial charge in [-0.05, 0) is 31.0 Å². The van der Waals surface area contributed by atoms with Gasteiger partial charge in [-0.3, -0.25) is 0 Å². The maximum absolute atomic E-state index is 8.88. The minimum absolute atomic E-state index is 0.181. The van der Waals surface area contributed by atoms with Crippen LogP contribution in [0.3, 0.4) is 0 Å². The summed E-state index contributed by atoms with van der Waals surface area (Å²) in [6, 6.07) is 7.65. The van der Waals surface area contributed by atoms with Crippen LogP contribution in [-0.4, -0.2) is 16.7 Å². The molecule has 0 spiro atoms. The number of hydrogen-bond acceptors (Lipinski definition) is 4. The average molecular weight is 258 g/mol. The highest BCUT2D eigenvalue weighted by Gasteiger charge is 2.13. The molecule has 1 aromatic heterocycles. The zero-order valence-corrected chi connectivity index (χ0v) is 10.8. The topological polar surface area (TPSA) is 56.9 Å². The molecule has 0 aliphatic rings. The van der Waals surface area contributed by atoms with E-state index in [0.29, 0.717) is 5.56 Å². The van der Waals surface area contributed by atoms with Crippen LogP contribution in [0, 0.1) is 11.3 Å². The average Bonchev–Trinajstić information content (AvgIpc) is 2.82. The van der Waals surface area contributed by atoms with E-state index < -0.39 is 0 Å². The van der Waals surface area contributed by atoms with E-state index in [2.05, 4.69) is 17.6 Å². The number of nitriles is 1. The Balaban J connectivity index is 2.33. The Morgan fingerprint density at radius 3 is 3.06 bits per heavy atom. The number of nitrogens with zero attached hydrogens (tertiary/aromatic N) is 2. The van der Waals surface area contributed by atoms with Crippen LogP contribution < -0.4 is 0 Å². The quantitative estimate of drug-likeness (QED) is 0.838. The number of benzene rings is 1. The number of hydrogen-bond donors (Lipinski definition) is 1. The molecule has 2 aromatic rings. The molecule has 0 aliphatic heterocycles. The molecule has 1 N–H and O–H groups in total. The molecular formula is C14H14N2OS. The lowest BCUT2D eigenvalue weighted by Crippen LogP contribution is -1.95. The summed E-state index contributed by atoms with van der Waals surface area (Å²) in [4.78, 5) is 4.57. The van der Waals surface area contributed by atoms with Crippen LogP contribution in [0.5, 0.6) is 0 Å². The van der Waals surface area contributed by atoms with E-state index in [9.17, 15) is 0 Å². The SMILES string of the molecule is C=CC(CCCO)c1nc2ccc(C#N)cc2s1. The predicted octanol–water partition coefficient (Wildman–Crippen LogP) is 3.21. The van der Waals surface area contributed by atoms with Gasteiger partial charge in [0.2, 0.25) is 0 Å². The molecule has 1 unspecified atom stereocenters. The van der Waals surface area contributed by atoms with Gasteiger partial charge in [0.1, 0.15) is 5.01 Å². The normalized spacial score (nSPS) is 12.2. The van der Waals surface area contributed by atoms with Crippen molar-refractivity contribution in [1.29, 1.82) is 5.26 Å². The number of allylic oxidation sites excluding steroid dienone is 1. The van der Waals surface area contributed by atoms with Gasteiger partial charge in [-0.15, -0.1) is 17.9 Å². The van der Waals surface area contributed by atoms with Gasteiger partial charge in [-0.2, -0.15) is 5.26 Å². The number of aliphatic hydroxyl groups is 1. The van der Waals surface area contributed by atoms with Gasteiger partial charge in [0, 0.05) is 12.5 Å². The van der Waals surface area contributed by atoms with Crippen molar-refractivity contribution < 1.29 is 5.11 Å². The molecule has 2 rings (SSSR count). The predicted molar refractivity (Wildman–Crippen MR) is 73.6 cm³/mol. The fraction of sp³-hybridized carbons (Fsp3) is 0.286. The first-order chi connectivity index (χ1) is 8.78. The second-order valence-corrected chi connectivity index (χ2v) is 5.12. The third-order valence-electron chi connectivity index (χ3n) is 2.81. The van der Waals surface area contributed by atoms with Crippen molar-refractivity contribution in [1.82, 2.24) is 4.98 Å². The highest BCUT2D eigenvalue weighted by atomic mass is 32.1. The molecule has 0 saturated heterocycles. The first-order valence-electron chi connectivity index (χ1n) is 5.82. The van der Waals surface area contributed by atoms with Gasteiger partial charge in [0.15, 0.2) is 0 Å². The molecule has 0 aliphatic carbocycles. The minimum atomic E-state index is 0.181. The van der Waals surface area contributed by atoms with E-state index in [1.165, 1.54) is 0 Å². The third kappa shape index (κ3) is 2.58. The van der Waals surface area contributed by atoms with Crippen molar-refractivity contribution in [2.24, 2.45) is 0 Å². The van der Waals surface area contributed by atoms with Crippen molar-refractivity contribution in [3.8, 4) is 6.07 Å². The van der Waals surface area contributed by atoms with E-state index in [0.717, 1.165) is 28.1 Å². The Morgan fingerprint density at radius 2 is 2.39 bits per heavy atom. The summed E-state index contributed by atoms with van der Waals surface area (Å²) in [5, 5.41) is 18.7. The number of aromatic nitrogens is 1. The lowest BCUT2D eigenvalue weighted by atomic mass is 10.0. The maximum atomic E-state index is 8.88. The Hall–Kier alpha value is -1.70. The summed E-state index contributed by atoms with van der Waals surface area (Å²) in [5.41, 5.74) is 1.58. The van der Waals surface area contributed by atoms with E-state index >= 15 is 0 Å². The van der Waals surface area contributed by atoms with E-state index in [1.54, 1.807) is 17.4 Å². The Labute approximate surface area is 110 Å². The van der Waals surface area contributed by atoms with Gasteiger partial charge in [0.25, 0.3) is 0 Å². The summed E-state index contributed by atoms with van der Waals surface area (Å²) in [5.74, 6) is 0.181.